The van der Waals surface area contributed by atoms with Crippen LogP contribution in [-0.4, -0.2) is 57.8 Å². The van der Waals surface area contributed by atoms with Gasteiger partial charge < -0.3 is 15.0 Å². The van der Waals surface area contributed by atoms with Crippen LogP contribution in [0.3, 0.4) is 0 Å². The van der Waals surface area contributed by atoms with Gasteiger partial charge in [0.2, 0.25) is 11.9 Å². The van der Waals surface area contributed by atoms with Crippen molar-refractivity contribution in [2.45, 2.75) is 82.5 Å². The number of piperidine rings is 1. The first kappa shape index (κ1) is 20.5. The van der Waals surface area contributed by atoms with Crippen LogP contribution < -0.4 is 10.2 Å². The number of rotatable bonds is 7. The highest BCUT2D eigenvalue weighted by Gasteiger charge is 2.27. The summed E-state index contributed by atoms with van der Waals surface area (Å²) in [5.41, 5.74) is 0. The van der Waals surface area contributed by atoms with Gasteiger partial charge in [0, 0.05) is 25.7 Å². The summed E-state index contributed by atoms with van der Waals surface area (Å²) in [7, 11) is 0. The standard InChI is InChI=1S/C19H33N5O2S/c1-13(2)20-17(25)15(4)27-19-22-21-18(23-9-7-14(3)8-10-23)24(19)12-16-6-5-11-26-16/h13-16H,5-12H2,1-4H3,(H,20,25)/t15-,16-/m1/s1. The van der Waals surface area contributed by atoms with Gasteiger partial charge in [0.1, 0.15) is 0 Å². The molecule has 8 heteroatoms. The fraction of sp³-hybridized carbons (Fsp3) is 0.842. The lowest BCUT2D eigenvalue weighted by Crippen LogP contribution is -2.36. The van der Waals surface area contributed by atoms with Gasteiger partial charge in [-0.25, -0.2) is 0 Å². The van der Waals surface area contributed by atoms with E-state index in [1.165, 1.54) is 24.6 Å². The van der Waals surface area contributed by atoms with Gasteiger partial charge in [-0.2, -0.15) is 0 Å². The summed E-state index contributed by atoms with van der Waals surface area (Å²) in [6.07, 6.45) is 4.76. The molecular formula is C19H33N5O2S. The molecule has 1 amide bonds. The second kappa shape index (κ2) is 9.28. The van der Waals surface area contributed by atoms with E-state index < -0.39 is 0 Å². The Morgan fingerprint density at radius 3 is 2.63 bits per heavy atom. The number of hydrogen-bond donors (Lipinski definition) is 1. The van der Waals surface area contributed by atoms with Crippen LogP contribution in [-0.2, 0) is 16.1 Å². The van der Waals surface area contributed by atoms with Gasteiger partial charge in [-0.3, -0.25) is 9.36 Å². The van der Waals surface area contributed by atoms with Crippen molar-refractivity contribution >= 4 is 23.6 Å². The van der Waals surface area contributed by atoms with Gasteiger partial charge in [-0.1, -0.05) is 18.7 Å². The number of nitrogens with zero attached hydrogens (tertiary/aromatic N) is 4. The molecule has 0 radical (unpaired) electrons. The highest BCUT2D eigenvalue weighted by molar-refractivity contribution is 8.00. The summed E-state index contributed by atoms with van der Waals surface area (Å²) in [6, 6.07) is 0.135. The third-order valence-electron chi connectivity index (χ3n) is 5.26. The predicted molar refractivity (Wildman–Crippen MR) is 108 cm³/mol. The molecule has 2 aliphatic heterocycles. The summed E-state index contributed by atoms with van der Waals surface area (Å²) < 4.78 is 8.04. The van der Waals surface area contributed by atoms with Crippen LogP contribution in [0.2, 0.25) is 0 Å². The number of amides is 1. The first-order valence-electron chi connectivity index (χ1n) is 10.2. The van der Waals surface area contributed by atoms with Gasteiger partial charge in [-0.05, 0) is 52.4 Å². The van der Waals surface area contributed by atoms with E-state index in [-0.39, 0.29) is 23.3 Å². The fourth-order valence-corrected chi connectivity index (χ4v) is 4.44. The van der Waals surface area contributed by atoms with Crippen LogP contribution in [0, 0.1) is 5.92 Å². The van der Waals surface area contributed by atoms with Crippen molar-refractivity contribution < 1.29 is 9.53 Å². The average Bonchev–Trinajstić information content (AvgIpc) is 3.26. The Morgan fingerprint density at radius 1 is 1.26 bits per heavy atom. The number of carbonyl (C=O) groups excluding carboxylic acids is 1. The Balaban J connectivity index is 1.76. The number of ether oxygens (including phenoxy) is 1. The average molecular weight is 396 g/mol. The first-order chi connectivity index (χ1) is 12.9. The lowest BCUT2D eigenvalue weighted by molar-refractivity contribution is -0.120. The van der Waals surface area contributed by atoms with Crippen molar-refractivity contribution in [3.63, 3.8) is 0 Å². The summed E-state index contributed by atoms with van der Waals surface area (Å²) >= 11 is 1.48. The van der Waals surface area contributed by atoms with Crippen molar-refractivity contribution in [2.75, 3.05) is 24.6 Å². The van der Waals surface area contributed by atoms with Crippen molar-refractivity contribution in [1.82, 2.24) is 20.1 Å². The molecular weight excluding hydrogens is 362 g/mol. The normalized spacial score (nSPS) is 22.4. The smallest absolute Gasteiger partial charge is 0.233 e. The molecule has 0 bridgehead atoms. The number of thioether (sulfide) groups is 1. The number of aromatic nitrogens is 3. The van der Waals surface area contributed by atoms with Crippen LogP contribution >= 0.6 is 11.8 Å². The molecule has 7 nitrogen and oxygen atoms in total. The maximum absolute atomic E-state index is 12.3. The minimum Gasteiger partial charge on any atom is -0.376 e. The van der Waals surface area contributed by atoms with Crippen LogP contribution in [0.1, 0.15) is 53.4 Å². The Labute approximate surface area is 166 Å². The first-order valence-corrected chi connectivity index (χ1v) is 11.1. The number of carbonyl (C=O) groups is 1. The van der Waals surface area contributed by atoms with E-state index in [0.29, 0.717) is 0 Å². The summed E-state index contributed by atoms with van der Waals surface area (Å²) in [5, 5.41) is 12.5. The van der Waals surface area contributed by atoms with E-state index in [9.17, 15) is 4.79 Å². The minimum atomic E-state index is -0.214. The Bertz CT molecular complexity index is 622. The summed E-state index contributed by atoms with van der Waals surface area (Å²) in [5.74, 6) is 1.73. The molecule has 0 aromatic carbocycles. The number of anilines is 1. The highest BCUT2D eigenvalue weighted by atomic mass is 32.2. The van der Waals surface area contributed by atoms with Crippen molar-refractivity contribution in [1.29, 1.82) is 0 Å². The van der Waals surface area contributed by atoms with Gasteiger partial charge in [0.25, 0.3) is 0 Å². The third kappa shape index (κ3) is 5.38. The largest absolute Gasteiger partial charge is 0.376 e. The molecule has 0 saturated carbocycles. The molecule has 3 rings (SSSR count). The summed E-state index contributed by atoms with van der Waals surface area (Å²) in [6.45, 7) is 11.8. The Kier molecular flexibility index (Phi) is 7.03. The molecule has 2 aliphatic rings. The van der Waals surface area contributed by atoms with Gasteiger partial charge in [0.05, 0.1) is 17.9 Å². The quantitative estimate of drug-likeness (QED) is 0.716. The van der Waals surface area contributed by atoms with Crippen LogP contribution in [0.4, 0.5) is 5.95 Å². The van der Waals surface area contributed by atoms with E-state index in [1.807, 2.05) is 20.8 Å². The SMILES string of the molecule is CC1CCN(c2nnc(S[C@H](C)C(=O)NC(C)C)n2C[C@H]2CCCO2)CC1. The lowest BCUT2D eigenvalue weighted by Gasteiger charge is -2.31. The third-order valence-corrected chi connectivity index (χ3v) is 6.34. The van der Waals surface area contributed by atoms with E-state index in [2.05, 4.69) is 31.9 Å². The Hall–Kier alpha value is -1.28. The van der Waals surface area contributed by atoms with E-state index in [4.69, 9.17) is 4.74 Å². The molecule has 2 atom stereocenters. The molecule has 0 spiro atoms. The molecule has 1 aromatic heterocycles. The zero-order chi connectivity index (χ0) is 19.4. The monoisotopic (exact) mass is 395 g/mol. The topological polar surface area (TPSA) is 72.3 Å². The second-order valence-corrected chi connectivity index (χ2v) is 9.43. The minimum absolute atomic E-state index is 0.0370. The maximum Gasteiger partial charge on any atom is 0.233 e. The molecule has 2 fully saturated rings. The Morgan fingerprint density at radius 2 is 2.00 bits per heavy atom. The highest BCUT2D eigenvalue weighted by Crippen LogP contribution is 2.29. The van der Waals surface area contributed by atoms with Crippen molar-refractivity contribution in [2.24, 2.45) is 5.92 Å². The zero-order valence-electron chi connectivity index (χ0n) is 17.0. The fourth-order valence-electron chi connectivity index (χ4n) is 3.58. The molecule has 152 valence electrons. The van der Waals surface area contributed by atoms with Gasteiger partial charge >= 0.3 is 0 Å². The van der Waals surface area contributed by atoms with E-state index >= 15 is 0 Å². The van der Waals surface area contributed by atoms with Crippen LogP contribution in [0.15, 0.2) is 5.16 Å². The lowest BCUT2D eigenvalue weighted by atomic mass is 10.00. The van der Waals surface area contributed by atoms with Gasteiger partial charge in [0.15, 0.2) is 5.16 Å². The molecule has 2 saturated heterocycles. The molecule has 3 heterocycles. The van der Waals surface area contributed by atoms with Crippen LogP contribution in [0.25, 0.3) is 0 Å². The second-order valence-electron chi connectivity index (χ2n) is 8.12. The number of nitrogens with one attached hydrogen (secondary N) is 1. The predicted octanol–water partition coefficient (Wildman–Crippen LogP) is 2.70. The van der Waals surface area contributed by atoms with E-state index in [0.717, 1.165) is 56.1 Å². The summed E-state index contributed by atoms with van der Waals surface area (Å²) in [4.78, 5) is 14.7. The maximum atomic E-state index is 12.3. The van der Waals surface area contributed by atoms with Gasteiger partial charge in [-0.15, -0.1) is 10.2 Å². The molecule has 0 aliphatic carbocycles. The number of hydrogen-bond acceptors (Lipinski definition) is 6. The van der Waals surface area contributed by atoms with Crippen molar-refractivity contribution in [3.8, 4) is 0 Å². The van der Waals surface area contributed by atoms with Crippen LogP contribution in [0.5, 0.6) is 0 Å². The molecule has 1 aromatic rings. The van der Waals surface area contributed by atoms with Crippen molar-refractivity contribution in [3.05, 3.63) is 0 Å². The van der Waals surface area contributed by atoms with E-state index in [1.54, 1.807) is 0 Å². The molecule has 27 heavy (non-hydrogen) atoms. The molecule has 0 unspecified atom stereocenters. The zero-order valence-corrected chi connectivity index (χ0v) is 17.8. The molecule has 1 N–H and O–H groups in total.